The van der Waals surface area contributed by atoms with Crippen molar-refractivity contribution in [1.29, 1.82) is 0 Å². The molecule has 0 aliphatic carbocycles. The highest BCUT2D eigenvalue weighted by Gasteiger charge is 2.39. The largest absolute Gasteiger partial charge is 0.448 e. The summed E-state index contributed by atoms with van der Waals surface area (Å²) < 4.78 is 6.67. The van der Waals surface area contributed by atoms with Crippen molar-refractivity contribution in [3.05, 3.63) is 58.6 Å². The molecule has 2 amide bonds. The number of thiazole rings is 1. The third kappa shape index (κ3) is 4.72. The number of carbonyl (C=O) groups is 2. The SMILES string of the molecule is Cc1cccc2sc(NC(=O)OCC3(c4cc[c]c(Cl)c4)CCN(C(=O)CN)CC3)nc12. The Balaban J connectivity index is 1.48. The van der Waals surface area contributed by atoms with Crippen LogP contribution in [0.1, 0.15) is 24.0 Å². The number of aromatic nitrogens is 1. The van der Waals surface area contributed by atoms with Crippen LogP contribution in [0.2, 0.25) is 5.02 Å². The van der Waals surface area contributed by atoms with E-state index in [1.165, 1.54) is 11.3 Å². The van der Waals surface area contributed by atoms with Gasteiger partial charge in [-0.1, -0.05) is 47.2 Å². The number of rotatable bonds is 5. The number of hydrogen-bond acceptors (Lipinski definition) is 6. The summed E-state index contributed by atoms with van der Waals surface area (Å²) in [6.07, 6.45) is 0.703. The lowest BCUT2D eigenvalue weighted by atomic mass is 9.73. The first kappa shape index (κ1) is 22.5. The fourth-order valence-corrected chi connectivity index (χ4v) is 5.17. The van der Waals surface area contributed by atoms with Crippen molar-refractivity contribution in [2.45, 2.75) is 25.2 Å². The Morgan fingerprint density at radius 2 is 2.12 bits per heavy atom. The monoisotopic (exact) mass is 471 g/mol. The van der Waals surface area contributed by atoms with Crippen LogP contribution in [0.4, 0.5) is 9.93 Å². The molecule has 1 radical (unpaired) electrons. The second-order valence-electron chi connectivity index (χ2n) is 7.93. The van der Waals surface area contributed by atoms with Crippen LogP contribution in [0, 0.1) is 13.0 Å². The normalized spacial score (nSPS) is 15.5. The number of aryl methyl sites for hydroxylation is 1. The first-order chi connectivity index (χ1) is 15.4. The fraction of sp³-hybridized carbons (Fsp3) is 0.348. The molecule has 167 valence electrons. The lowest BCUT2D eigenvalue weighted by Crippen LogP contribution is -2.49. The molecule has 1 aliphatic rings. The van der Waals surface area contributed by atoms with Gasteiger partial charge in [0.05, 0.1) is 16.8 Å². The molecule has 4 rings (SSSR count). The quantitative estimate of drug-likeness (QED) is 0.583. The van der Waals surface area contributed by atoms with Crippen LogP contribution in [0.25, 0.3) is 10.2 Å². The van der Waals surface area contributed by atoms with Gasteiger partial charge < -0.3 is 15.4 Å². The van der Waals surface area contributed by atoms with Crippen molar-refractivity contribution >= 4 is 50.3 Å². The molecule has 1 fully saturated rings. The molecule has 1 saturated heterocycles. The van der Waals surface area contributed by atoms with E-state index < -0.39 is 11.5 Å². The van der Waals surface area contributed by atoms with Gasteiger partial charge in [-0.3, -0.25) is 10.1 Å². The van der Waals surface area contributed by atoms with Crippen molar-refractivity contribution in [3.63, 3.8) is 0 Å². The maximum absolute atomic E-state index is 12.6. The number of carbonyl (C=O) groups excluding carboxylic acids is 2. The molecule has 0 bridgehead atoms. The molecule has 32 heavy (non-hydrogen) atoms. The highest BCUT2D eigenvalue weighted by molar-refractivity contribution is 7.22. The standard InChI is InChI=1S/C23H24ClN4O3S/c1-15-4-2-7-18-20(15)26-21(32-18)27-22(30)31-14-23(16-5-3-6-17(24)12-16)8-10-28(11-9-23)19(29)13-25/h2-5,7,12H,8-11,13-14,25H2,1H3,(H,26,27,30). The number of amides is 2. The molecule has 0 unspecified atom stereocenters. The summed E-state index contributed by atoms with van der Waals surface area (Å²) in [6, 6.07) is 14.4. The predicted octanol–water partition coefficient (Wildman–Crippen LogP) is 4.13. The molecule has 7 nitrogen and oxygen atoms in total. The van der Waals surface area contributed by atoms with Crippen LogP contribution < -0.4 is 11.1 Å². The van der Waals surface area contributed by atoms with Gasteiger partial charge >= 0.3 is 6.09 Å². The number of anilines is 1. The number of benzene rings is 2. The zero-order chi connectivity index (χ0) is 22.7. The summed E-state index contributed by atoms with van der Waals surface area (Å²) in [4.78, 5) is 30.9. The molecule has 3 aromatic rings. The number of hydrogen-bond donors (Lipinski definition) is 2. The minimum Gasteiger partial charge on any atom is -0.448 e. The minimum atomic E-state index is -0.560. The van der Waals surface area contributed by atoms with Crippen molar-refractivity contribution in [3.8, 4) is 0 Å². The number of fused-ring (bicyclic) bond motifs is 1. The van der Waals surface area contributed by atoms with Gasteiger partial charge in [-0.25, -0.2) is 9.78 Å². The van der Waals surface area contributed by atoms with E-state index in [2.05, 4.69) is 16.4 Å². The summed E-state index contributed by atoms with van der Waals surface area (Å²) in [5.41, 5.74) is 7.95. The number of piperidine rings is 1. The maximum Gasteiger partial charge on any atom is 0.413 e. The second-order valence-corrected chi connectivity index (χ2v) is 9.37. The highest BCUT2D eigenvalue weighted by atomic mass is 35.5. The predicted molar refractivity (Wildman–Crippen MR) is 126 cm³/mol. The molecular formula is C23H24ClN4O3S. The van der Waals surface area contributed by atoms with Gasteiger partial charge in [0.2, 0.25) is 5.91 Å². The number of ether oxygens (including phenoxy) is 1. The van der Waals surface area contributed by atoms with E-state index in [0.717, 1.165) is 21.3 Å². The van der Waals surface area contributed by atoms with Crippen LogP contribution in [-0.4, -0.2) is 48.1 Å². The Morgan fingerprint density at radius 3 is 2.81 bits per heavy atom. The van der Waals surface area contributed by atoms with Crippen molar-refractivity contribution in [1.82, 2.24) is 9.88 Å². The topological polar surface area (TPSA) is 97.5 Å². The molecule has 2 heterocycles. The first-order valence-electron chi connectivity index (χ1n) is 10.4. The highest BCUT2D eigenvalue weighted by Crippen LogP contribution is 2.37. The molecule has 9 heteroatoms. The summed E-state index contributed by atoms with van der Waals surface area (Å²) in [5.74, 6) is -0.0807. The average molecular weight is 472 g/mol. The van der Waals surface area contributed by atoms with Crippen LogP contribution in [0.3, 0.4) is 0 Å². The van der Waals surface area contributed by atoms with E-state index in [9.17, 15) is 9.59 Å². The lowest BCUT2D eigenvalue weighted by molar-refractivity contribution is -0.131. The Morgan fingerprint density at radius 1 is 1.34 bits per heavy atom. The third-order valence-corrected chi connectivity index (χ3v) is 7.09. The van der Waals surface area contributed by atoms with E-state index in [4.69, 9.17) is 22.1 Å². The Bertz CT molecular complexity index is 1140. The number of para-hydroxylation sites is 1. The molecule has 0 atom stereocenters. The summed E-state index contributed by atoms with van der Waals surface area (Å²) in [5, 5.41) is 3.74. The number of likely N-dealkylation sites (tertiary alicyclic amines) is 1. The summed E-state index contributed by atoms with van der Waals surface area (Å²) in [6.45, 7) is 3.20. The van der Waals surface area contributed by atoms with Gasteiger partial charge in [0.25, 0.3) is 0 Å². The number of nitrogens with two attached hydrogens (primary N) is 1. The van der Waals surface area contributed by atoms with Gasteiger partial charge in [-0.2, -0.15) is 0 Å². The smallest absolute Gasteiger partial charge is 0.413 e. The average Bonchev–Trinajstić information content (AvgIpc) is 3.21. The number of nitrogens with zero attached hydrogens (tertiary/aromatic N) is 2. The zero-order valence-electron chi connectivity index (χ0n) is 17.7. The molecule has 2 aromatic carbocycles. The van der Waals surface area contributed by atoms with Crippen molar-refractivity contribution in [2.75, 3.05) is 31.6 Å². The summed E-state index contributed by atoms with van der Waals surface area (Å²) >= 11 is 7.59. The van der Waals surface area contributed by atoms with Gasteiger partial charge in [0.1, 0.15) is 6.61 Å². The number of nitrogens with one attached hydrogen (secondary N) is 1. The molecule has 1 aliphatic heterocycles. The molecule has 0 spiro atoms. The lowest BCUT2D eigenvalue weighted by Gasteiger charge is -2.41. The van der Waals surface area contributed by atoms with Crippen molar-refractivity contribution in [2.24, 2.45) is 5.73 Å². The van der Waals surface area contributed by atoms with E-state index >= 15 is 0 Å². The zero-order valence-corrected chi connectivity index (χ0v) is 19.3. The Labute approximate surface area is 195 Å². The van der Waals surface area contributed by atoms with Gasteiger partial charge in [0.15, 0.2) is 5.13 Å². The maximum atomic E-state index is 12.6. The van der Waals surface area contributed by atoms with Crippen LogP contribution >= 0.6 is 22.9 Å². The molecule has 1 aromatic heterocycles. The van der Waals surface area contributed by atoms with E-state index in [0.29, 0.717) is 36.1 Å². The van der Waals surface area contributed by atoms with E-state index in [1.807, 2.05) is 37.3 Å². The van der Waals surface area contributed by atoms with E-state index in [-0.39, 0.29) is 19.1 Å². The molecular weight excluding hydrogens is 448 g/mol. The molecule has 3 N–H and O–H groups in total. The van der Waals surface area contributed by atoms with Gasteiger partial charge in [-0.05, 0) is 43.0 Å². The molecule has 0 saturated carbocycles. The van der Waals surface area contributed by atoms with Gasteiger partial charge in [0, 0.05) is 29.6 Å². The van der Waals surface area contributed by atoms with Crippen LogP contribution in [-0.2, 0) is 14.9 Å². The van der Waals surface area contributed by atoms with Crippen LogP contribution in [0.15, 0.2) is 36.4 Å². The number of halogens is 1. The third-order valence-electron chi connectivity index (χ3n) is 5.94. The van der Waals surface area contributed by atoms with Gasteiger partial charge in [-0.15, -0.1) is 0 Å². The minimum absolute atomic E-state index is 0.0142. The Kier molecular flexibility index (Phi) is 6.64. The van der Waals surface area contributed by atoms with E-state index in [1.54, 1.807) is 11.0 Å². The second kappa shape index (κ2) is 9.44. The Hall–Kier alpha value is -2.68. The van der Waals surface area contributed by atoms with Crippen molar-refractivity contribution < 1.29 is 14.3 Å². The summed E-state index contributed by atoms with van der Waals surface area (Å²) in [7, 11) is 0. The van der Waals surface area contributed by atoms with Crippen LogP contribution in [0.5, 0.6) is 0 Å². The fourth-order valence-electron chi connectivity index (χ4n) is 4.06. The first-order valence-corrected chi connectivity index (χ1v) is 11.6.